The van der Waals surface area contributed by atoms with E-state index >= 15 is 0 Å². The van der Waals surface area contributed by atoms with Crippen molar-refractivity contribution in [2.45, 2.75) is 26.4 Å². The van der Waals surface area contributed by atoms with Crippen LogP contribution in [0.2, 0.25) is 0 Å². The Balaban J connectivity index is 2.47. The Morgan fingerprint density at radius 1 is 1.47 bits per heavy atom. The summed E-state index contributed by atoms with van der Waals surface area (Å²) in [4.78, 5) is 11.3. The largest absolute Gasteiger partial charge is 0.507 e. The average Bonchev–Trinajstić information content (AvgIpc) is 2.26. The van der Waals surface area contributed by atoms with E-state index in [1.165, 1.54) is 24.3 Å². The van der Waals surface area contributed by atoms with E-state index in [2.05, 4.69) is 5.32 Å². The minimum Gasteiger partial charge on any atom is -0.507 e. The number of phenolic OH excluding ortho intramolecular Hbond substituents is 1. The minimum atomic E-state index is -0.547. The SMILES string of the molecule is CC(C)(C)OC(=O)NCC=Cc1cc(F)ccc1O. The monoisotopic (exact) mass is 267 g/mol. The van der Waals surface area contributed by atoms with Crippen LogP contribution in [0.5, 0.6) is 5.75 Å². The second kappa shape index (κ2) is 6.22. The molecule has 1 amide bonds. The molecule has 104 valence electrons. The van der Waals surface area contributed by atoms with Crippen molar-refractivity contribution in [1.82, 2.24) is 5.32 Å². The highest BCUT2D eigenvalue weighted by molar-refractivity contribution is 5.68. The van der Waals surface area contributed by atoms with Crippen LogP contribution < -0.4 is 5.32 Å². The van der Waals surface area contributed by atoms with E-state index in [9.17, 15) is 14.3 Å². The van der Waals surface area contributed by atoms with Crippen LogP contribution in [0.15, 0.2) is 24.3 Å². The molecule has 2 N–H and O–H groups in total. The zero-order chi connectivity index (χ0) is 14.5. The molecule has 0 saturated heterocycles. The molecule has 1 rings (SSSR count). The maximum atomic E-state index is 12.9. The Morgan fingerprint density at radius 2 is 2.16 bits per heavy atom. The van der Waals surface area contributed by atoms with Crippen LogP contribution in [-0.2, 0) is 4.74 Å². The summed E-state index contributed by atoms with van der Waals surface area (Å²) in [6.45, 7) is 5.54. The summed E-state index contributed by atoms with van der Waals surface area (Å²) in [7, 11) is 0. The number of carbonyl (C=O) groups is 1. The van der Waals surface area contributed by atoms with Crippen LogP contribution >= 0.6 is 0 Å². The van der Waals surface area contributed by atoms with Gasteiger partial charge in [0.1, 0.15) is 17.2 Å². The Morgan fingerprint density at radius 3 is 2.79 bits per heavy atom. The molecule has 1 aromatic rings. The van der Waals surface area contributed by atoms with Gasteiger partial charge in [0.2, 0.25) is 0 Å². The van der Waals surface area contributed by atoms with Gasteiger partial charge in [-0.15, -0.1) is 0 Å². The van der Waals surface area contributed by atoms with E-state index in [4.69, 9.17) is 4.74 Å². The molecule has 0 radical (unpaired) electrons. The Hall–Kier alpha value is -2.04. The Bertz CT molecular complexity index is 478. The first-order valence-corrected chi connectivity index (χ1v) is 5.90. The van der Waals surface area contributed by atoms with Crippen molar-refractivity contribution in [1.29, 1.82) is 0 Å². The highest BCUT2D eigenvalue weighted by Gasteiger charge is 2.14. The van der Waals surface area contributed by atoms with Crippen molar-refractivity contribution < 1.29 is 19.0 Å². The third-order valence-corrected chi connectivity index (χ3v) is 2.05. The molecule has 0 bridgehead atoms. The first-order chi connectivity index (χ1) is 8.78. The first kappa shape index (κ1) is 15.0. The Kier molecular flexibility index (Phi) is 4.92. The zero-order valence-electron chi connectivity index (χ0n) is 11.2. The lowest BCUT2D eigenvalue weighted by Gasteiger charge is -2.19. The smallest absolute Gasteiger partial charge is 0.407 e. The number of phenols is 1. The molecule has 0 aliphatic rings. The number of alkyl carbamates (subject to hydrolysis) is 1. The number of benzene rings is 1. The molecular weight excluding hydrogens is 249 g/mol. The minimum absolute atomic E-state index is 0.0186. The van der Waals surface area contributed by atoms with Gasteiger partial charge in [-0.25, -0.2) is 9.18 Å². The third-order valence-electron chi connectivity index (χ3n) is 2.05. The van der Waals surface area contributed by atoms with Crippen LogP contribution in [0.25, 0.3) is 6.08 Å². The van der Waals surface area contributed by atoms with Gasteiger partial charge in [-0.05, 0) is 39.0 Å². The van der Waals surface area contributed by atoms with Crippen LogP contribution in [0.4, 0.5) is 9.18 Å². The van der Waals surface area contributed by atoms with Gasteiger partial charge in [0.05, 0.1) is 0 Å². The molecule has 0 fully saturated rings. The van der Waals surface area contributed by atoms with Crippen LogP contribution in [0, 0.1) is 5.82 Å². The van der Waals surface area contributed by atoms with E-state index in [1.807, 2.05) is 0 Å². The van der Waals surface area contributed by atoms with E-state index in [0.29, 0.717) is 5.56 Å². The number of halogens is 1. The second-order valence-corrected chi connectivity index (χ2v) is 4.99. The predicted molar refractivity (Wildman–Crippen MR) is 71.3 cm³/mol. The molecular formula is C14H18FNO3. The summed E-state index contributed by atoms with van der Waals surface area (Å²) >= 11 is 0. The molecule has 0 unspecified atom stereocenters. The number of aromatic hydroxyl groups is 1. The van der Waals surface area contributed by atoms with Gasteiger partial charge in [-0.1, -0.05) is 12.2 Å². The molecule has 0 aliphatic heterocycles. The van der Waals surface area contributed by atoms with Gasteiger partial charge >= 0.3 is 6.09 Å². The van der Waals surface area contributed by atoms with Gasteiger partial charge in [0, 0.05) is 12.1 Å². The number of amides is 1. The molecule has 0 aromatic heterocycles. The highest BCUT2D eigenvalue weighted by Crippen LogP contribution is 2.18. The van der Waals surface area contributed by atoms with Gasteiger partial charge in [-0.3, -0.25) is 0 Å². The molecule has 0 atom stereocenters. The van der Waals surface area contributed by atoms with Crippen LogP contribution in [0.3, 0.4) is 0 Å². The molecule has 1 aromatic carbocycles. The van der Waals surface area contributed by atoms with Crippen molar-refractivity contribution in [3.8, 4) is 5.75 Å². The lowest BCUT2D eigenvalue weighted by Crippen LogP contribution is -2.32. The van der Waals surface area contributed by atoms with Crippen molar-refractivity contribution in [3.05, 3.63) is 35.7 Å². The third kappa shape index (κ3) is 5.90. The van der Waals surface area contributed by atoms with Crippen molar-refractivity contribution in [3.63, 3.8) is 0 Å². The average molecular weight is 267 g/mol. The fourth-order valence-electron chi connectivity index (χ4n) is 1.30. The van der Waals surface area contributed by atoms with E-state index < -0.39 is 17.5 Å². The number of carbonyl (C=O) groups excluding carboxylic acids is 1. The lowest BCUT2D eigenvalue weighted by molar-refractivity contribution is 0.0534. The predicted octanol–water partition coefficient (Wildman–Crippen LogP) is 3.07. The maximum absolute atomic E-state index is 12.9. The van der Waals surface area contributed by atoms with Crippen molar-refractivity contribution in [2.75, 3.05) is 6.54 Å². The Labute approximate surface area is 111 Å². The summed E-state index contributed by atoms with van der Waals surface area (Å²) in [5.74, 6) is -0.451. The fraction of sp³-hybridized carbons (Fsp3) is 0.357. The number of rotatable bonds is 3. The molecule has 0 heterocycles. The first-order valence-electron chi connectivity index (χ1n) is 5.90. The van der Waals surface area contributed by atoms with Crippen LogP contribution in [0.1, 0.15) is 26.3 Å². The van der Waals surface area contributed by atoms with Crippen molar-refractivity contribution >= 4 is 12.2 Å². The molecule has 0 saturated carbocycles. The molecule has 4 nitrogen and oxygen atoms in total. The summed E-state index contributed by atoms with van der Waals surface area (Å²) in [6, 6.07) is 3.65. The van der Waals surface area contributed by atoms with Gasteiger partial charge in [-0.2, -0.15) is 0 Å². The maximum Gasteiger partial charge on any atom is 0.407 e. The molecule has 5 heteroatoms. The van der Waals surface area contributed by atoms with E-state index in [0.717, 1.165) is 0 Å². The van der Waals surface area contributed by atoms with Gasteiger partial charge in [0.15, 0.2) is 0 Å². The van der Waals surface area contributed by atoms with Crippen molar-refractivity contribution in [2.24, 2.45) is 0 Å². The van der Waals surface area contributed by atoms with E-state index in [1.54, 1.807) is 26.8 Å². The van der Waals surface area contributed by atoms with Gasteiger partial charge in [0.25, 0.3) is 0 Å². The van der Waals surface area contributed by atoms with Crippen LogP contribution in [-0.4, -0.2) is 23.3 Å². The summed E-state index contributed by atoms with van der Waals surface area (Å²) in [5, 5.41) is 12.0. The fourth-order valence-corrected chi connectivity index (χ4v) is 1.30. The number of nitrogens with one attached hydrogen (secondary N) is 1. The standard InChI is InChI=1S/C14H18FNO3/c1-14(2,3)19-13(18)16-8-4-5-10-9-11(15)6-7-12(10)17/h4-7,9,17H,8H2,1-3H3,(H,16,18). The lowest BCUT2D eigenvalue weighted by atomic mass is 10.2. The topological polar surface area (TPSA) is 58.6 Å². The number of ether oxygens (including phenoxy) is 1. The molecule has 19 heavy (non-hydrogen) atoms. The second-order valence-electron chi connectivity index (χ2n) is 4.99. The van der Waals surface area contributed by atoms with E-state index in [-0.39, 0.29) is 12.3 Å². The normalized spacial score (nSPS) is 11.6. The summed E-state index contributed by atoms with van der Waals surface area (Å²) < 4.78 is 18.0. The molecule has 0 spiro atoms. The summed E-state index contributed by atoms with van der Waals surface area (Å²) in [6.07, 6.45) is 2.59. The summed E-state index contributed by atoms with van der Waals surface area (Å²) in [5.41, 5.74) is -0.194. The zero-order valence-corrected chi connectivity index (χ0v) is 11.2. The quantitative estimate of drug-likeness (QED) is 0.884. The number of hydrogen-bond donors (Lipinski definition) is 2. The highest BCUT2D eigenvalue weighted by atomic mass is 19.1. The number of hydrogen-bond acceptors (Lipinski definition) is 3. The molecule has 0 aliphatic carbocycles. The van der Waals surface area contributed by atoms with Gasteiger partial charge < -0.3 is 15.2 Å².